The van der Waals surface area contributed by atoms with Gasteiger partial charge in [0, 0.05) is 68.0 Å². The molecule has 0 fully saturated rings. The van der Waals surface area contributed by atoms with Crippen molar-refractivity contribution in [2.45, 2.75) is 44.6 Å². The van der Waals surface area contributed by atoms with Gasteiger partial charge in [-0.25, -0.2) is 0 Å². The zero-order valence-corrected chi connectivity index (χ0v) is 36.0. The van der Waals surface area contributed by atoms with Crippen LogP contribution in [0.1, 0.15) is 54.9 Å². The van der Waals surface area contributed by atoms with Gasteiger partial charge in [-0.3, -0.25) is 0 Å². The zero-order chi connectivity index (χ0) is 42.5. The summed E-state index contributed by atoms with van der Waals surface area (Å²) in [5, 5.41) is 2.46. The predicted octanol–water partition coefficient (Wildman–Crippen LogP) is 15.3. The quantitative estimate of drug-likeness (QED) is 0.101. The van der Waals surface area contributed by atoms with Crippen molar-refractivity contribution < 1.29 is 4.74 Å². The number of anilines is 1. The van der Waals surface area contributed by atoms with E-state index in [-0.39, 0.29) is 5.41 Å². The van der Waals surface area contributed by atoms with Gasteiger partial charge in [0.25, 0.3) is 0 Å². The Balaban J connectivity index is 1.09. The standard InChI is InChI=1S/C60H50N2O/c1-4-5-21-42(50-39-51-48-29-15-19-34-57(48)63-40-52(51)58-49-30-14-18-33-56(49)62(59(50)58)43-25-10-7-11-26-43)24-20-37-61(55-32-17-13-27-45(55)41-22-8-6-9-23-41)44-35-36-47-46-28-12-16-31-53(46)60(2,3)54(47)38-44/h4,6-35,38-39,47H,1,5,36-37,40H2,2-3H3/b24-20-,42-21+. The van der Waals surface area contributed by atoms with Crippen LogP contribution in [0.15, 0.2) is 218 Å². The van der Waals surface area contributed by atoms with E-state index in [1.165, 1.54) is 77.7 Å². The molecular formula is C60H50N2O. The number of para-hydroxylation sites is 4. The highest BCUT2D eigenvalue weighted by Gasteiger charge is 2.42. The van der Waals surface area contributed by atoms with E-state index in [2.05, 4.69) is 224 Å². The average molecular weight is 815 g/mol. The van der Waals surface area contributed by atoms with Crippen LogP contribution in [0.25, 0.3) is 55.3 Å². The van der Waals surface area contributed by atoms with Crippen LogP contribution in [0.5, 0.6) is 5.75 Å². The Bertz CT molecular complexity index is 3190. The Morgan fingerprint density at radius 1 is 0.778 bits per heavy atom. The van der Waals surface area contributed by atoms with E-state index in [1.807, 2.05) is 6.08 Å². The molecule has 0 amide bonds. The first-order valence-electron chi connectivity index (χ1n) is 22.3. The van der Waals surface area contributed by atoms with E-state index in [1.54, 1.807) is 0 Å². The number of hydrogen-bond acceptors (Lipinski definition) is 2. The van der Waals surface area contributed by atoms with Crippen LogP contribution in [-0.2, 0) is 12.0 Å². The molecule has 1 atom stereocenters. The number of aromatic nitrogens is 1. The Labute approximate surface area is 370 Å². The molecule has 63 heavy (non-hydrogen) atoms. The maximum atomic E-state index is 6.51. The van der Waals surface area contributed by atoms with Gasteiger partial charge < -0.3 is 14.2 Å². The SMILES string of the molecule is C=CC/C=C(\C=C/CN(C1=CCC2C(=C1)C(C)(C)c1ccccc12)c1ccccc1-c1ccccc1)c1cc2c(c3c4ccccc4n(-c4ccccc4)c13)COc1ccccc1-2. The molecule has 3 aliphatic rings. The minimum absolute atomic E-state index is 0.0550. The molecule has 1 aromatic heterocycles. The lowest BCUT2D eigenvalue weighted by atomic mass is 9.78. The summed E-state index contributed by atoms with van der Waals surface area (Å²) in [6, 6.07) is 59.3. The van der Waals surface area contributed by atoms with Crippen molar-refractivity contribution in [3.8, 4) is 33.7 Å². The summed E-state index contributed by atoms with van der Waals surface area (Å²) >= 11 is 0. The van der Waals surface area contributed by atoms with Crippen LogP contribution in [0.3, 0.4) is 0 Å². The van der Waals surface area contributed by atoms with Gasteiger partial charge in [-0.2, -0.15) is 0 Å². The van der Waals surface area contributed by atoms with E-state index >= 15 is 0 Å². The molecule has 3 nitrogen and oxygen atoms in total. The van der Waals surface area contributed by atoms with Gasteiger partial charge in [-0.05, 0) is 83.1 Å². The normalized spacial score (nSPS) is 16.2. The number of benzene rings is 7. The lowest BCUT2D eigenvalue weighted by molar-refractivity contribution is 0.304. The van der Waals surface area contributed by atoms with Crippen LogP contribution in [-0.4, -0.2) is 11.1 Å². The number of ether oxygens (including phenoxy) is 1. The molecule has 8 aromatic rings. The summed E-state index contributed by atoms with van der Waals surface area (Å²) < 4.78 is 8.96. The largest absolute Gasteiger partial charge is 0.488 e. The van der Waals surface area contributed by atoms with Crippen LogP contribution in [0.4, 0.5) is 5.69 Å². The molecule has 0 saturated heterocycles. The topological polar surface area (TPSA) is 17.4 Å². The Morgan fingerprint density at radius 2 is 1.49 bits per heavy atom. The first kappa shape index (κ1) is 38.6. The monoisotopic (exact) mass is 814 g/mol. The number of hydrogen-bond donors (Lipinski definition) is 0. The molecule has 0 saturated carbocycles. The molecule has 2 heterocycles. The third-order valence-corrected chi connectivity index (χ3v) is 13.6. The van der Waals surface area contributed by atoms with Gasteiger partial charge in [-0.15, -0.1) is 6.58 Å². The van der Waals surface area contributed by atoms with Crippen molar-refractivity contribution in [3.05, 3.63) is 240 Å². The van der Waals surface area contributed by atoms with E-state index in [0.29, 0.717) is 19.1 Å². The van der Waals surface area contributed by atoms with Crippen molar-refractivity contribution in [1.29, 1.82) is 0 Å². The second-order valence-electron chi connectivity index (χ2n) is 17.5. The molecule has 11 rings (SSSR count). The van der Waals surface area contributed by atoms with Crippen LogP contribution in [0.2, 0.25) is 0 Å². The Hall–Kier alpha value is -7.36. The third kappa shape index (κ3) is 6.50. The summed E-state index contributed by atoms with van der Waals surface area (Å²) in [6.07, 6.45) is 15.8. The summed E-state index contributed by atoms with van der Waals surface area (Å²) in [5.74, 6) is 1.32. The molecule has 0 radical (unpaired) electrons. The van der Waals surface area contributed by atoms with Crippen molar-refractivity contribution >= 4 is 33.1 Å². The van der Waals surface area contributed by atoms with E-state index < -0.39 is 0 Å². The number of nitrogens with zero attached hydrogens (tertiary/aromatic N) is 2. The van der Waals surface area contributed by atoms with Crippen LogP contribution in [0, 0.1) is 0 Å². The lowest BCUT2D eigenvalue weighted by Gasteiger charge is -2.33. The van der Waals surface area contributed by atoms with Gasteiger partial charge >= 0.3 is 0 Å². The minimum atomic E-state index is -0.0550. The van der Waals surface area contributed by atoms with Crippen LogP contribution < -0.4 is 9.64 Å². The maximum absolute atomic E-state index is 6.51. The molecule has 0 bridgehead atoms. The maximum Gasteiger partial charge on any atom is 0.127 e. The highest BCUT2D eigenvalue weighted by molar-refractivity contribution is 6.16. The zero-order valence-electron chi connectivity index (χ0n) is 36.0. The number of fused-ring (bicyclic) bond motifs is 10. The first-order chi connectivity index (χ1) is 31.0. The van der Waals surface area contributed by atoms with Crippen molar-refractivity contribution in [3.63, 3.8) is 0 Å². The third-order valence-electron chi connectivity index (χ3n) is 13.6. The van der Waals surface area contributed by atoms with Gasteiger partial charge in [0.05, 0.1) is 11.0 Å². The summed E-state index contributed by atoms with van der Waals surface area (Å²) in [5.41, 5.74) is 18.6. The van der Waals surface area contributed by atoms with Gasteiger partial charge in [-0.1, -0.05) is 177 Å². The highest BCUT2D eigenvalue weighted by Crippen LogP contribution is 2.54. The van der Waals surface area contributed by atoms with E-state index in [4.69, 9.17) is 4.74 Å². The molecule has 1 unspecified atom stereocenters. The highest BCUT2D eigenvalue weighted by atomic mass is 16.5. The molecule has 0 spiro atoms. The summed E-state index contributed by atoms with van der Waals surface area (Å²) in [4.78, 5) is 2.53. The molecule has 7 aromatic carbocycles. The van der Waals surface area contributed by atoms with Gasteiger partial charge in [0.1, 0.15) is 12.4 Å². The fourth-order valence-electron chi connectivity index (χ4n) is 10.6. The smallest absolute Gasteiger partial charge is 0.127 e. The molecule has 0 N–H and O–H groups in total. The van der Waals surface area contributed by atoms with Crippen molar-refractivity contribution in [1.82, 2.24) is 4.57 Å². The summed E-state index contributed by atoms with van der Waals surface area (Å²) in [7, 11) is 0. The molecule has 2 aliphatic carbocycles. The lowest BCUT2D eigenvalue weighted by Crippen LogP contribution is -2.26. The van der Waals surface area contributed by atoms with Gasteiger partial charge in [0.15, 0.2) is 0 Å². The molecular weight excluding hydrogens is 765 g/mol. The van der Waals surface area contributed by atoms with Crippen molar-refractivity contribution in [2.24, 2.45) is 0 Å². The first-order valence-corrected chi connectivity index (χ1v) is 22.3. The second-order valence-corrected chi connectivity index (χ2v) is 17.5. The minimum Gasteiger partial charge on any atom is -0.488 e. The van der Waals surface area contributed by atoms with Gasteiger partial charge in [0.2, 0.25) is 0 Å². The summed E-state index contributed by atoms with van der Waals surface area (Å²) in [6.45, 7) is 10.2. The molecule has 306 valence electrons. The fourth-order valence-corrected chi connectivity index (χ4v) is 10.6. The molecule has 3 heteroatoms. The fraction of sp³-hybridized carbons (Fsp3) is 0.133. The van der Waals surface area contributed by atoms with E-state index in [0.717, 1.165) is 35.4 Å². The molecule has 1 aliphatic heterocycles. The Morgan fingerprint density at radius 3 is 2.33 bits per heavy atom. The number of rotatable bonds is 10. The second kappa shape index (κ2) is 15.8. The van der Waals surface area contributed by atoms with Crippen molar-refractivity contribution in [2.75, 3.05) is 11.4 Å². The van der Waals surface area contributed by atoms with E-state index in [9.17, 15) is 0 Å². The predicted molar refractivity (Wildman–Crippen MR) is 265 cm³/mol. The average Bonchev–Trinajstić information content (AvgIpc) is 3.80. The number of allylic oxidation sites excluding steroid dienone is 7. The van der Waals surface area contributed by atoms with Crippen LogP contribution >= 0.6 is 0 Å². The Kier molecular flexibility index (Phi) is 9.69.